The van der Waals surface area contributed by atoms with Gasteiger partial charge in [0.15, 0.2) is 17.2 Å². The van der Waals surface area contributed by atoms with E-state index >= 15 is 0 Å². The Labute approximate surface area is 127 Å². The third kappa shape index (κ3) is 2.55. The minimum absolute atomic E-state index is 0.219. The van der Waals surface area contributed by atoms with Gasteiger partial charge in [0.2, 0.25) is 0 Å². The largest absolute Gasteiger partial charge is 0.464 e. The molecule has 1 heterocycles. The SMILES string of the molecule is COC(=O)c1c(N)c(C#N)cn1-c1c(F)cc(F)cc1[N+](=O)[O-]. The maximum Gasteiger partial charge on any atom is 0.357 e. The zero-order chi connectivity index (χ0) is 17.3. The Balaban J connectivity index is 2.91. The summed E-state index contributed by atoms with van der Waals surface area (Å²) >= 11 is 0. The molecule has 8 nitrogen and oxygen atoms in total. The molecule has 0 aliphatic rings. The number of hydrogen-bond acceptors (Lipinski definition) is 6. The van der Waals surface area contributed by atoms with E-state index in [4.69, 9.17) is 11.0 Å². The lowest BCUT2D eigenvalue weighted by Crippen LogP contribution is -2.13. The van der Waals surface area contributed by atoms with Crippen LogP contribution in [0.2, 0.25) is 0 Å². The van der Waals surface area contributed by atoms with Gasteiger partial charge in [0, 0.05) is 12.3 Å². The number of methoxy groups -OCH3 is 1. The standard InChI is InChI=1S/C13H8F2N4O4/c1-23-13(20)12-10(17)6(4-16)5-18(12)11-8(15)2-7(14)3-9(11)19(21)22/h2-3,5H,17H2,1H3. The third-order valence-corrected chi connectivity index (χ3v) is 2.99. The maximum absolute atomic E-state index is 14.1. The summed E-state index contributed by atoms with van der Waals surface area (Å²) in [5, 5.41) is 20.0. The number of hydrogen-bond donors (Lipinski definition) is 1. The molecule has 0 saturated heterocycles. The second kappa shape index (κ2) is 5.72. The summed E-state index contributed by atoms with van der Waals surface area (Å²) in [4.78, 5) is 21.9. The van der Waals surface area contributed by atoms with Gasteiger partial charge in [-0.25, -0.2) is 13.6 Å². The average Bonchev–Trinajstić information content (AvgIpc) is 2.82. The lowest BCUT2D eigenvalue weighted by molar-refractivity contribution is -0.384. The van der Waals surface area contributed by atoms with Crippen LogP contribution in [0.4, 0.5) is 20.2 Å². The average molecular weight is 322 g/mol. The van der Waals surface area contributed by atoms with E-state index < -0.39 is 39.6 Å². The molecule has 0 fully saturated rings. The van der Waals surface area contributed by atoms with E-state index in [2.05, 4.69) is 4.74 Å². The molecule has 0 bridgehead atoms. The molecule has 0 atom stereocenters. The van der Waals surface area contributed by atoms with Crippen LogP contribution in [0.3, 0.4) is 0 Å². The highest BCUT2D eigenvalue weighted by atomic mass is 19.1. The van der Waals surface area contributed by atoms with Gasteiger partial charge in [-0.15, -0.1) is 0 Å². The van der Waals surface area contributed by atoms with Crippen LogP contribution < -0.4 is 5.73 Å². The number of nitrogens with zero attached hydrogens (tertiary/aromatic N) is 3. The van der Waals surface area contributed by atoms with Gasteiger partial charge in [0.1, 0.15) is 11.9 Å². The summed E-state index contributed by atoms with van der Waals surface area (Å²) in [6.07, 6.45) is 0.935. The summed E-state index contributed by atoms with van der Waals surface area (Å²) in [7, 11) is 1.01. The van der Waals surface area contributed by atoms with Gasteiger partial charge in [-0.3, -0.25) is 14.7 Å². The Hall–Kier alpha value is -3.48. The number of ether oxygens (including phenoxy) is 1. The van der Waals surface area contributed by atoms with Gasteiger partial charge in [0.25, 0.3) is 5.69 Å². The smallest absolute Gasteiger partial charge is 0.357 e. The number of nitriles is 1. The van der Waals surface area contributed by atoms with E-state index in [0.29, 0.717) is 16.7 Å². The van der Waals surface area contributed by atoms with Gasteiger partial charge in [-0.1, -0.05) is 0 Å². The lowest BCUT2D eigenvalue weighted by Gasteiger charge is -2.10. The number of carbonyl (C=O) groups is 1. The van der Waals surface area contributed by atoms with Crippen LogP contribution >= 0.6 is 0 Å². The van der Waals surface area contributed by atoms with Crippen molar-refractivity contribution in [2.45, 2.75) is 0 Å². The highest BCUT2D eigenvalue weighted by molar-refractivity contribution is 5.96. The lowest BCUT2D eigenvalue weighted by atomic mass is 10.2. The van der Waals surface area contributed by atoms with E-state index in [1.807, 2.05) is 0 Å². The zero-order valence-corrected chi connectivity index (χ0v) is 11.5. The second-order valence-corrected chi connectivity index (χ2v) is 4.29. The summed E-state index contributed by atoms with van der Waals surface area (Å²) in [6, 6.07) is 2.56. The minimum Gasteiger partial charge on any atom is -0.464 e. The molecule has 2 aromatic rings. The van der Waals surface area contributed by atoms with Gasteiger partial charge in [-0.2, -0.15) is 5.26 Å². The van der Waals surface area contributed by atoms with Crippen LogP contribution in [-0.4, -0.2) is 22.6 Å². The number of anilines is 1. The summed E-state index contributed by atoms with van der Waals surface area (Å²) < 4.78 is 32.5. The molecule has 1 aromatic carbocycles. The van der Waals surface area contributed by atoms with Crippen molar-refractivity contribution < 1.29 is 23.2 Å². The van der Waals surface area contributed by atoms with Crippen molar-refractivity contribution in [1.29, 1.82) is 5.26 Å². The predicted molar refractivity (Wildman–Crippen MR) is 72.8 cm³/mol. The summed E-state index contributed by atoms with van der Waals surface area (Å²) in [6.45, 7) is 0. The molecule has 0 amide bonds. The van der Waals surface area contributed by atoms with Crippen molar-refractivity contribution in [2.75, 3.05) is 12.8 Å². The van der Waals surface area contributed by atoms with Gasteiger partial charge in [0.05, 0.1) is 29.4 Å². The monoisotopic (exact) mass is 322 g/mol. The first-order valence-electron chi connectivity index (χ1n) is 5.94. The number of esters is 1. The van der Waals surface area contributed by atoms with Crippen molar-refractivity contribution in [1.82, 2.24) is 4.57 Å². The van der Waals surface area contributed by atoms with Crippen LogP contribution in [0.5, 0.6) is 0 Å². The minimum atomic E-state index is -1.30. The van der Waals surface area contributed by atoms with Crippen LogP contribution in [0.1, 0.15) is 16.1 Å². The molecule has 0 saturated carbocycles. The molecule has 0 radical (unpaired) electrons. The Morgan fingerprint density at radius 2 is 2.13 bits per heavy atom. The number of carbonyl (C=O) groups excluding carboxylic acids is 1. The van der Waals surface area contributed by atoms with E-state index in [-0.39, 0.29) is 11.3 Å². The van der Waals surface area contributed by atoms with Crippen molar-refractivity contribution in [3.05, 3.63) is 51.3 Å². The molecule has 2 rings (SSSR count). The first kappa shape index (κ1) is 15.9. The van der Waals surface area contributed by atoms with Crippen molar-refractivity contribution in [2.24, 2.45) is 0 Å². The molecule has 0 aliphatic heterocycles. The first-order chi connectivity index (χ1) is 10.8. The Morgan fingerprint density at radius 3 is 2.65 bits per heavy atom. The number of nitro groups is 1. The second-order valence-electron chi connectivity index (χ2n) is 4.29. The van der Waals surface area contributed by atoms with Crippen molar-refractivity contribution in [3.63, 3.8) is 0 Å². The molecule has 2 N–H and O–H groups in total. The van der Waals surface area contributed by atoms with Crippen LogP contribution in [0.25, 0.3) is 5.69 Å². The van der Waals surface area contributed by atoms with Crippen molar-refractivity contribution in [3.8, 4) is 11.8 Å². The van der Waals surface area contributed by atoms with Crippen molar-refractivity contribution >= 4 is 17.3 Å². The van der Waals surface area contributed by atoms with E-state index in [1.54, 1.807) is 6.07 Å². The predicted octanol–water partition coefficient (Wildman–Crippen LogP) is 1.90. The number of benzene rings is 1. The van der Waals surface area contributed by atoms with Gasteiger partial charge >= 0.3 is 5.97 Å². The van der Waals surface area contributed by atoms with E-state index in [1.165, 1.54) is 0 Å². The maximum atomic E-state index is 14.1. The number of rotatable bonds is 3. The summed E-state index contributed by atoms with van der Waals surface area (Å²) in [5.74, 6) is -3.51. The Kier molecular flexibility index (Phi) is 3.96. The van der Waals surface area contributed by atoms with Gasteiger partial charge < -0.3 is 10.5 Å². The highest BCUT2D eigenvalue weighted by Crippen LogP contribution is 2.32. The van der Waals surface area contributed by atoms with Crippen LogP contribution in [-0.2, 0) is 4.74 Å². The molecule has 0 aliphatic carbocycles. The quantitative estimate of drug-likeness (QED) is 0.523. The number of nitrogen functional groups attached to an aromatic ring is 1. The highest BCUT2D eigenvalue weighted by Gasteiger charge is 2.29. The van der Waals surface area contributed by atoms with E-state index in [0.717, 1.165) is 13.3 Å². The topological polar surface area (TPSA) is 124 Å². The molecule has 1 aromatic heterocycles. The normalized spacial score (nSPS) is 10.2. The number of nitrogens with two attached hydrogens (primary N) is 1. The summed E-state index contributed by atoms with van der Waals surface area (Å²) in [5.41, 5.74) is 2.93. The molecule has 10 heteroatoms. The number of halogens is 2. The third-order valence-electron chi connectivity index (χ3n) is 2.99. The Bertz CT molecular complexity index is 870. The molecule has 118 valence electrons. The van der Waals surface area contributed by atoms with Gasteiger partial charge in [-0.05, 0) is 0 Å². The fraction of sp³-hybridized carbons (Fsp3) is 0.0769. The zero-order valence-electron chi connectivity index (χ0n) is 11.5. The number of aromatic nitrogens is 1. The molecule has 23 heavy (non-hydrogen) atoms. The van der Waals surface area contributed by atoms with Crippen LogP contribution in [0, 0.1) is 33.1 Å². The Morgan fingerprint density at radius 1 is 1.48 bits per heavy atom. The fourth-order valence-electron chi connectivity index (χ4n) is 2.02. The number of nitro benzene ring substituents is 1. The van der Waals surface area contributed by atoms with Crippen LogP contribution in [0.15, 0.2) is 18.3 Å². The molecule has 0 unspecified atom stereocenters. The molecule has 0 spiro atoms. The fourth-order valence-corrected chi connectivity index (χ4v) is 2.02. The van der Waals surface area contributed by atoms with E-state index in [9.17, 15) is 23.7 Å². The molecular formula is C13H8F2N4O4. The molecular weight excluding hydrogens is 314 g/mol. The first-order valence-corrected chi connectivity index (χ1v) is 5.94.